The van der Waals surface area contributed by atoms with E-state index < -0.39 is 53.8 Å². The van der Waals surface area contributed by atoms with Gasteiger partial charge in [-0.2, -0.15) is 0 Å². The number of hydrogen-bond acceptors (Lipinski definition) is 11. The quantitative estimate of drug-likeness (QED) is 0.197. The highest BCUT2D eigenvalue weighted by Crippen LogP contribution is 2.47. The van der Waals surface area contributed by atoms with Crippen LogP contribution in [0.3, 0.4) is 0 Å². The lowest BCUT2D eigenvalue weighted by molar-refractivity contribution is -0.127. The zero-order valence-electron chi connectivity index (χ0n) is 28.0. The van der Waals surface area contributed by atoms with Gasteiger partial charge in [-0.25, -0.2) is 53.7 Å². The Balaban J connectivity index is 1.15. The van der Waals surface area contributed by atoms with Crippen LogP contribution in [0.4, 0.5) is 38.7 Å². The molecule has 3 saturated heterocycles. The molecule has 0 spiro atoms. The number of likely N-dealkylation sites (tertiary alicyclic amines) is 1. The summed E-state index contributed by atoms with van der Waals surface area (Å²) in [5.74, 6) is -6.07. The number of sulfone groups is 1. The molecule has 0 amide bonds. The summed E-state index contributed by atoms with van der Waals surface area (Å²) in [6.45, 7) is 1.14. The highest BCUT2D eigenvalue weighted by atomic mass is 32.2. The largest absolute Gasteiger partial charge is 0.351 e. The van der Waals surface area contributed by atoms with Crippen LogP contribution in [-0.4, -0.2) is 91.4 Å². The molecule has 1 aliphatic carbocycles. The van der Waals surface area contributed by atoms with E-state index in [-0.39, 0.29) is 65.7 Å². The van der Waals surface area contributed by atoms with Gasteiger partial charge in [0, 0.05) is 61.9 Å². The number of fused-ring (bicyclic) bond motifs is 2. The first-order chi connectivity index (χ1) is 25.2. The molecular formula is C34H34F5N7O4S3. The first-order valence-electron chi connectivity index (χ1n) is 17.1. The number of rotatable bonds is 9. The number of hydrogen-bond donors (Lipinski definition) is 2. The normalized spacial score (nSPS) is 23.2. The van der Waals surface area contributed by atoms with E-state index in [1.54, 1.807) is 6.07 Å². The van der Waals surface area contributed by atoms with E-state index in [2.05, 4.69) is 20.1 Å². The molecule has 2 bridgehead atoms. The molecule has 2 atom stereocenters. The van der Waals surface area contributed by atoms with Crippen LogP contribution in [0.25, 0.3) is 21.8 Å². The average molecular weight is 796 g/mol. The van der Waals surface area contributed by atoms with Gasteiger partial charge in [0.1, 0.15) is 21.5 Å². The summed E-state index contributed by atoms with van der Waals surface area (Å²) in [5.41, 5.74) is -0.167. The Hall–Kier alpha value is -3.94. The van der Waals surface area contributed by atoms with Crippen molar-refractivity contribution < 1.29 is 38.8 Å². The highest BCUT2D eigenvalue weighted by Gasteiger charge is 2.51. The van der Waals surface area contributed by atoms with Gasteiger partial charge in [0.15, 0.2) is 15.8 Å². The number of nitrogens with one attached hydrogen (secondary N) is 2. The van der Waals surface area contributed by atoms with Gasteiger partial charge in [-0.15, -0.1) is 0 Å². The third-order valence-corrected chi connectivity index (χ3v) is 14.6. The molecule has 4 aliphatic rings. The Labute approximate surface area is 306 Å². The van der Waals surface area contributed by atoms with E-state index in [0.717, 1.165) is 37.1 Å². The van der Waals surface area contributed by atoms with Gasteiger partial charge < -0.3 is 10.2 Å². The molecule has 2 aromatic carbocycles. The molecule has 1 saturated carbocycles. The topological polar surface area (TPSA) is 137 Å². The van der Waals surface area contributed by atoms with Crippen LogP contribution in [-0.2, 0) is 19.9 Å². The second kappa shape index (κ2) is 13.4. The minimum absolute atomic E-state index is 0.0290. The zero-order chi connectivity index (χ0) is 37.3. The lowest BCUT2D eigenvalue weighted by atomic mass is 9.86. The van der Waals surface area contributed by atoms with E-state index in [9.17, 15) is 34.4 Å². The fourth-order valence-corrected chi connectivity index (χ4v) is 11.6. The first-order valence-corrected chi connectivity index (χ1v) is 21.3. The maximum atomic E-state index is 16.5. The predicted octanol–water partition coefficient (Wildman–Crippen LogP) is 5.93. The number of thiazole rings is 1. The van der Waals surface area contributed by atoms with Gasteiger partial charge in [0.25, 0.3) is 15.9 Å². The van der Waals surface area contributed by atoms with Crippen molar-refractivity contribution in [2.45, 2.75) is 73.5 Å². The SMILES string of the molecule is O=S1(=O)CCC(Nc2nccc(-c3sc(N4C5CCC4CN(C4CC(F)(F)C4)C5)nc3-c3cccc(NS(=O)(=O)c4c(F)cccc4F)c3F)n2)CC1. The van der Waals surface area contributed by atoms with E-state index in [1.165, 1.54) is 29.7 Å². The third kappa shape index (κ3) is 7.07. The van der Waals surface area contributed by atoms with Gasteiger partial charge in [-0.3, -0.25) is 9.62 Å². The average Bonchev–Trinajstić information content (AvgIpc) is 3.63. The minimum atomic E-state index is -4.91. The number of sulfonamides is 1. The van der Waals surface area contributed by atoms with Crippen LogP contribution in [0.15, 0.2) is 53.6 Å². The van der Waals surface area contributed by atoms with E-state index >= 15 is 4.39 Å². The molecule has 0 radical (unpaired) electrons. The fourth-order valence-electron chi connectivity index (χ4n) is 7.71. The molecule has 282 valence electrons. The van der Waals surface area contributed by atoms with E-state index in [0.29, 0.717) is 41.6 Å². The van der Waals surface area contributed by atoms with Gasteiger partial charge in [0.05, 0.1) is 33.5 Å². The van der Waals surface area contributed by atoms with Crippen molar-refractivity contribution in [3.05, 3.63) is 66.1 Å². The Morgan fingerprint density at radius 3 is 2.19 bits per heavy atom. The fraction of sp³-hybridized carbons (Fsp3) is 0.441. The summed E-state index contributed by atoms with van der Waals surface area (Å²) in [5, 5.41) is 3.75. The van der Waals surface area contributed by atoms with Crippen LogP contribution in [0, 0.1) is 17.5 Å². The molecule has 4 fully saturated rings. The highest BCUT2D eigenvalue weighted by molar-refractivity contribution is 7.92. The lowest BCUT2D eigenvalue weighted by Crippen LogP contribution is -2.61. The van der Waals surface area contributed by atoms with Gasteiger partial charge in [0.2, 0.25) is 5.95 Å². The molecule has 11 nitrogen and oxygen atoms in total. The summed E-state index contributed by atoms with van der Waals surface area (Å²) in [6, 6.07) is 7.68. The summed E-state index contributed by atoms with van der Waals surface area (Å²) in [7, 11) is -8.01. The molecule has 19 heteroatoms. The summed E-state index contributed by atoms with van der Waals surface area (Å²) in [4.78, 5) is 17.4. The van der Waals surface area contributed by atoms with Crippen LogP contribution in [0.5, 0.6) is 0 Å². The van der Waals surface area contributed by atoms with Crippen LogP contribution in [0.2, 0.25) is 0 Å². The maximum Gasteiger partial charge on any atom is 0.267 e. The van der Waals surface area contributed by atoms with Crippen molar-refractivity contribution in [3.8, 4) is 21.8 Å². The minimum Gasteiger partial charge on any atom is -0.351 e. The molecule has 2 aromatic heterocycles. The maximum absolute atomic E-state index is 16.5. The van der Waals surface area contributed by atoms with Crippen LogP contribution in [0.1, 0.15) is 38.5 Å². The monoisotopic (exact) mass is 795 g/mol. The number of benzene rings is 2. The Morgan fingerprint density at radius 2 is 1.53 bits per heavy atom. The molecule has 4 aromatic rings. The summed E-state index contributed by atoms with van der Waals surface area (Å²) >= 11 is 1.25. The van der Waals surface area contributed by atoms with Gasteiger partial charge in [-0.05, 0) is 56.0 Å². The van der Waals surface area contributed by atoms with Crippen LogP contribution < -0.4 is 14.9 Å². The molecule has 5 heterocycles. The van der Waals surface area contributed by atoms with Gasteiger partial charge >= 0.3 is 0 Å². The molecular weight excluding hydrogens is 762 g/mol. The smallest absolute Gasteiger partial charge is 0.267 e. The molecule has 3 aliphatic heterocycles. The first kappa shape index (κ1) is 36.1. The van der Waals surface area contributed by atoms with Crippen molar-refractivity contribution in [1.82, 2.24) is 19.9 Å². The van der Waals surface area contributed by atoms with Crippen molar-refractivity contribution in [3.63, 3.8) is 0 Å². The number of anilines is 3. The Bertz CT molecular complexity index is 2240. The Morgan fingerprint density at radius 1 is 0.868 bits per heavy atom. The zero-order valence-corrected chi connectivity index (χ0v) is 30.4. The second-order valence-corrected chi connectivity index (χ2v) is 18.9. The van der Waals surface area contributed by atoms with Gasteiger partial charge in [-0.1, -0.05) is 23.5 Å². The Kier molecular flexibility index (Phi) is 9.13. The van der Waals surface area contributed by atoms with E-state index in [1.807, 2.05) is 4.72 Å². The number of piperazine rings is 1. The predicted molar refractivity (Wildman–Crippen MR) is 190 cm³/mol. The van der Waals surface area contributed by atoms with Crippen molar-refractivity contribution in [1.29, 1.82) is 0 Å². The number of halogens is 5. The van der Waals surface area contributed by atoms with Crippen molar-refractivity contribution in [2.75, 3.05) is 39.5 Å². The number of aromatic nitrogens is 3. The standard InChI is InChI=1S/C34H34F5N7O4S3/c35-24-4-2-5-25(36)31(24)53(49,50)44-26-6-1-3-23(28(26)37)29-30(27-9-12-40-32(42-27)41-19-10-13-52(47,48)14-11-19)51-33(43-29)46-20-7-8-21(46)18-45(17-20)22-15-34(38,39)16-22/h1-6,9,12,19-22,44H,7-8,10-11,13-18H2,(H,40,41,42). The summed E-state index contributed by atoms with van der Waals surface area (Å²) < 4.78 is 125. The second-order valence-electron chi connectivity index (χ2n) is 14.0. The number of nitrogens with zero attached hydrogens (tertiary/aromatic N) is 5. The molecule has 2 unspecified atom stereocenters. The van der Waals surface area contributed by atoms with E-state index in [4.69, 9.17) is 9.97 Å². The van der Waals surface area contributed by atoms with Crippen molar-refractivity contribution >= 4 is 48.0 Å². The molecule has 2 N–H and O–H groups in total. The van der Waals surface area contributed by atoms with Crippen molar-refractivity contribution in [2.24, 2.45) is 0 Å². The summed E-state index contributed by atoms with van der Waals surface area (Å²) in [6.07, 6.45) is 3.56. The third-order valence-electron chi connectivity index (χ3n) is 10.4. The van der Waals surface area contributed by atoms with Crippen LogP contribution >= 0.6 is 11.3 Å². The number of alkyl halides is 2. The molecule has 8 rings (SSSR count). The molecule has 53 heavy (non-hydrogen) atoms. The lowest BCUT2D eigenvalue weighted by Gasteiger charge is -2.49.